The van der Waals surface area contributed by atoms with Crippen LogP contribution in [0.1, 0.15) is 0 Å². The van der Waals surface area contributed by atoms with Crippen molar-refractivity contribution in [3.63, 3.8) is 0 Å². The van der Waals surface area contributed by atoms with Crippen LogP contribution in [-0.4, -0.2) is 31.1 Å². The van der Waals surface area contributed by atoms with Gasteiger partial charge in [-0.15, -0.1) is 11.3 Å². The first kappa shape index (κ1) is 13.1. The van der Waals surface area contributed by atoms with Crippen molar-refractivity contribution in [2.75, 3.05) is 31.1 Å². The smallest absolute Gasteiger partial charge is 0.280 e. The molecule has 1 N–H and O–H groups in total. The van der Waals surface area contributed by atoms with Crippen molar-refractivity contribution in [1.82, 2.24) is 5.32 Å². The highest BCUT2D eigenvalue weighted by molar-refractivity contribution is 7.13. The van der Waals surface area contributed by atoms with Crippen molar-refractivity contribution in [3.05, 3.63) is 45.8 Å². The Morgan fingerprint density at radius 3 is 2.70 bits per heavy atom. The standard InChI is InChI=1S/C14H15N3O2S/c18-17(19)13-10-11(16-7-5-15-6-8-16)3-4-12(13)14-2-1-9-20-14/h1-4,9-10,15H,5-8H2. The number of nitrogens with zero attached hydrogens (tertiary/aromatic N) is 2. The van der Waals surface area contributed by atoms with Crippen LogP contribution in [-0.2, 0) is 0 Å². The summed E-state index contributed by atoms with van der Waals surface area (Å²) in [6.45, 7) is 3.60. The Labute approximate surface area is 121 Å². The summed E-state index contributed by atoms with van der Waals surface area (Å²) >= 11 is 1.52. The molecule has 5 nitrogen and oxygen atoms in total. The Morgan fingerprint density at radius 2 is 2.05 bits per heavy atom. The summed E-state index contributed by atoms with van der Waals surface area (Å²) < 4.78 is 0. The summed E-state index contributed by atoms with van der Waals surface area (Å²) in [6.07, 6.45) is 0. The number of benzene rings is 1. The van der Waals surface area contributed by atoms with Gasteiger partial charge in [0.05, 0.1) is 10.5 Å². The van der Waals surface area contributed by atoms with Crippen LogP contribution in [0.5, 0.6) is 0 Å². The fourth-order valence-electron chi connectivity index (χ4n) is 2.43. The molecule has 0 aliphatic carbocycles. The molecule has 2 heterocycles. The van der Waals surface area contributed by atoms with E-state index in [2.05, 4.69) is 10.2 Å². The summed E-state index contributed by atoms with van der Waals surface area (Å²) in [7, 11) is 0. The van der Waals surface area contributed by atoms with Gasteiger partial charge in [0.1, 0.15) is 0 Å². The number of nitrogens with one attached hydrogen (secondary N) is 1. The van der Waals surface area contributed by atoms with Gasteiger partial charge in [-0.3, -0.25) is 10.1 Å². The molecule has 1 fully saturated rings. The van der Waals surface area contributed by atoms with Crippen LogP contribution in [0.15, 0.2) is 35.7 Å². The van der Waals surface area contributed by atoms with Crippen molar-refractivity contribution >= 4 is 22.7 Å². The largest absolute Gasteiger partial charge is 0.369 e. The summed E-state index contributed by atoms with van der Waals surface area (Å²) in [4.78, 5) is 14.2. The fourth-order valence-corrected chi connectivity index (χ4v) is 3.19. The van der Waals surface area contributed by atoms with Gasteiger partial charge < -0.3 is 10.2 Å². The molecule has 1 saturated heterocycles. The first-order valence-corrected chi connectivity index (χ1v) is 7.41. The first-order chi connectivity index (χ1) is 9.75. The molecule has 1 aliphatic heterocycles. The number of piperazine rings is 1. The summed E-state index contributed by atoms with van der Waals surface area (Å²) in [6, 6.07) is 9.36. The van der Waals surface area contributed by atoms with E-state index in [-0.39, 0.29) is 10.6 Å². The number of nitro benzene ring substituents is 1. The van der Waals surface area contributed by atoms with E-state index in [0.717, 1.165) is 36.7 Å². The molecule has 0 spiro atoms. The maximum absolute atomic E-state index is 11.3. The van der Waals surface area contributed by atoms with Gasteiger partial charge in [-0.2, -0.15) is 0 Å². The quantitative estimate of drug-likeness (QED) is 0.697. The minimum Gasteiger partial charge on any atom is -0.369 e. The molecule has 0 bridgehead atoms. The van der Waals surface area contributed by atoms with Crippen LogP contribution in [0.2, 0.25) is 0 Å². The Morgan fingerprint density at radius 1 is 1.25 bits per heavy atom. The van der Waals surface area contributed by atoms with Gasteiger partial charge in [-0.05, 0) is 23.6 Å². The average Bonchev–Trinajstić information content (AvgIpc) is 3.01. The fraction of sp³-hybridized carbons (Fsp3) is 0.286. The zero-order valence-corrected chi connectivity index (χ0v) is 11.7. The monoisotopic (exact) mass is 289 g/mol. The topological polar surface area (TPSA) is 58.4 Å². The second-order valence-corrected chi connectivity index (χ2v) is 5.62. The Balaban J connectivity index is 1.99. The summed E-state index contributed by atoms with van der Waals surface area (Å²) in [5.74, 6) is 0. The zero-order chi connectivity index (χ0) is 13.9. The Kier molecular flexibility index (Phi) is 3.66. The lowest BCUT2D eigenvalue weighted by atomic mass is 10.1. The lowest BCUT2D eigenvalue weighted by Crippen LogP contribution is -2.43. The molecule has 20 heavy (non-hydrogen) atoms. The van der Waals surface area contributed by atoms with E-state index < -0.39 is 0 Å². The molecule has 6 heteroatoms. The summed E-state index contributed by atoms with van der Waals surface area (Å²) in [5, 5.41) is 16.5. The summed E-state index contributed by atoms with van der Waals surface area (Å²) in [5.41, 5.74) is 1.81. The molecule has 1 aromatic heterocycles. The molecule has 0 amide bonds. The maximum atomic E-state index is 11.3. The molecule has 104 valence electrons. The van der Waals surface area contributed by atoms with E-state index in [1.807, 2.05) is 29.6 Å². The molecular formula is C14H15N3O2S. The SMILES string of the molecule is O=[N+]([O-])c1cc(N2CCNCC2)ccc1-c1cccs1. The van der Waals surface area contributed by atoms with Crippen molar-refractivity contribution in [2.45, 2.75) is 0 Å². The van der Waals surface area contributed by atoms with E-state index in [4.69, 9.17) is 0 Å². The van der Waals surface area contributed by atoms with Gasteiger partial charge in [-0.25, -0.2) is 0 Å². The third-order valence-corrected chi connectivity index (χ3v) is 4.35. The minimum absolute atomic E-state index is 0.184. The van der Waals surface area contributed by atoms with E-state index in [1.54, 1.807) is 6.07 Å². The van der Waals surface area contributed by atoms with Crippen LogP contribution in [0.4, 0.5) is 11.4 Å². The van der Waals surface area contributed by atoms with Gasteiger partial charge in [0.25, 0.3) is 5.69 Å². The number of nitro groups is 1. The van der Waals surface area contributed by atoms with Crippen LogP contribution in [0.25, 0.3) is 10.4 Å². The number of thiophene rings is 1. The van der Waals surface area contributed by atoms with Crippen molar-refractivity contribution in [3.8, 4) is 10.4 Å². The van der Waals surface area contributed by atoms with E-state index >= 15 is 0 Å². The highest BCUT2D eigenvalue weighted by Gasteiger charge is 2.19. The number of rotatable bonds is 3. The lowest BCUT2D eigenvalue weighted by molar-refractivity contribution is -0.384. The predicted octanol–water partition coefficient (Wildman–Crippen LogP) is 2.73. The van der Waals surface area contributed by atoms with Gasteiger partial charge in [-0.1, -0.05) is 6.07 Å². The normalized spacial score (nSPS) is 15.3. The van der Waals surface area contributed by atoms with E-state index in [1.165, 1.54) is 11.3 Å². The molecule has 2 aromatic rings. The number of anilines is 1. The van der Waals surface area contributed by atoms with Crippen molar-refractivity contribution in [1.29, 1.82) is 0 Å². The van der Waals surface area contributed by atoms with Crippen LogP contribution < -0.4 is 10.2 Å². The van der Waals surface area contributed by atoms with Crippen LogP contribution in [0, 0.1) is 10.1 Å². The molecule has 0 saturated carbocycles. The lowest BCUT2D eigenvalue weighted by Gasteiger charge is -2.29. The highest BCUT2D eigenvalue weighted by atomic mass is 32.1. The van der Waals surface area contributed by atoms with E-state index in [9.17, 15) is 10.1 Å². The van der Waals surface area contributed by atoms with Crippen molar-refractivity contribution < 1.29 is 4.92 Å². The van der Waals surface area contributed by atoms with Gasteiger partial charge in [0.15, 0.2) is 0 Å². The molecule has 1 aliphatic rings. The third-order valence-electron chi connectivity index (χ3n) is 3.45. The predicted molar refractivity (Wildman–Crippen MR) is 81.5 cm³/mol. The second-order valence-electron chi connectivity index (χ2n) is 4.67. The Hall–Kier alpha value is -1.92. The third kappa shape index (κ3) is 2.52. The molecule has 0 atom stereocenters. The molecule has 0 unspecified atom stereocenters. The molecule has 3 rings (SSSR count). The van der Waals surface area contributed by atoms with Gasteiger partial charge >= 0.3 is 0 Å². The molecule has 0 radical (unpaired) electrons. The number of hydrogen-bond donors (Lipinski definition) is 1. The van der Waals surface area contributed by atoms with Crippen molar-refractivity contribution in [2.24, 2.45) is 0 Å². The maximum Gasteiger partial charge on any atom is 0.280 e. The highest BCUT2D eigenvalue weighted by Crippen LogP contribution is 2.35. The zero-order valence-electron chi connectivity index (χ0n) is 10.9. The first-order valence-electron chi connectivity index (χ1n) is 6.54. The van der Waals surface area contributed by atoms with Gasteiger partial charge in [0, 0.05) is 42.8 Å². The van der Waals surface area contributed by atoms with Crippen LogP contribution >= 0.6 is 11.3 Å². The Bertz CT molecular complexity index is 607. The minimum atomic E-state index is -0.291. The van der Waals surface area contributed by atoms with Crippen LogP contribution in [0.3, 0.4) is 0 Å². The van der Waals surface area contributed by atoms with E-state index in [0.29, 0.717) is 5.56 Å². The second kappa shape index (κ2) is 5.60. The number of hydrogen-bond acceptors (Lipinski definition) is 5. The molecular weight excluding hydrogens is 274 g/mol. The molecule has 1 aromatic carbocycles. The van der Waals surface area contributed by atoms with Gasteiger partial charge in [0.2, 0.25) is 0 Å². The average molecular weight is 289 g/mol.